The summed E-state index contributed by atoms with van der Waals surface area (Å²) in [6, 6.07) is 11.7. The third-order valence-corrected chi connectivity index (χ3v) is 6.74. The number of nitrogens with one attached hydrogen (secondary N) is 1. The van der Waals surface area contributed by atoms with E-state index >= 15 is 0 Å². The number of benzene rings is 2. The van der Waals surface area contributed by atoms with Crippen LogP contribution in [-0.4, -0.2) is 35.1 Å². The fourth-order valence-electron chi connectivity index (χ4n) is 3.85. The number of pyridine rings is 1. The first-order valence-electron chi connectivity index (χ1n) is 9.64. The van der Waals surface area contributed by atoms with Crippen LogP contribution in [0.2, 0.25) is 5.02 Å². The summed E-state index contributed by atoms with van der Waals surface area (Å²) in [5, 5.41) is 14.6. The van der Waals surface area contributed by atoms with Gasteiger partial charge in [-0.15, -0.1) is 11.3 Å². The van der Waals surface area contributed by atoms with E-state index in [0.717, 1.165) is 29.4 Å². The molecule has 0 fully saturated rings. The Bertz CT molecular complexity index is 1240. The molecule has 29 heavy (non-hydrogen) atoms. The second kappa shape index (κ2) is 7.82. The quantitative estimate of drug-likeness (QED) is 0.422. The molecule has 0 bridgehead atoms. The van der Waals surface area contributed by atoms with Crippen molar-refractivity contribution in [2.45, 2.75) is 19.8 Å². The Morgan fingerprint density at radius 2 is 1.97 bits per heavy atom. The van der Waals surface area contributed by atoms with Gasteiger partial charge >= 0.3 is 0 Å². The van der Waals surface area contributed by atoms with Crippen LogP contribution in [-0.2, 0) is 0 Å². The zero-order valence-electron chi connectivity index (χ0n) is 16.6. The highest BCUT2D eigenvalue weighted by molar-refractivity contribution is 7.17. The molecular weight excluding hydrogens is 404 g/mol. The van der Waals surface area contributed by atoms with Crippen LogP contribution in [0, 0.1) is 0 Å². The van der Waals surface area contributed by atoms with Gasteiger partial charge in [0.1, 0.15) is 10.4 Å². The molecule has 4 aromatic rings. The number of likely N-dealkylation sites (N-methyl/N-ethyl adjacent to an activating group) is 1. The van der Waals surface area contributed by atoms with Crippen LogP contribution in [0.4, 0.5) is 0 Å². The minimum absolute atomic E-state index is 0.105. The van der Waals surface area contributed by atoms with Gasteiger partial charge < -0.3 is 15.0 Å². The second-order valence-electron chi connectivity index (χ2n) is 7.50. The fourth-order valence-corrected chi connectivity index (χ4v) is 4.89. The number of H-pyrrole nitrogens is 1. The SMILES string of the molecule is CCN(C)C[C@@H](C)c1ccc(-c2c(O)cc(Cl)c3[nH]c(=O)c4sccc4c23)cc1. The molecule has 1 atom stereocenters. The van der Waals surface area contributed by atoms with E-state index < -0.39 is 0 Å². The van der Waals surface area contributed by atoms with Gasteiger partial charge in [-0.3, -0.25) is 4.79 Å². The smallest absolute Gasteiger partial charge is 0.266 e. The van der Waals surface area contributed by atoms with Crippen LogP contribution in [0.15, 0.2) is 46.6 Å². The Hall–Kier alpha value is -2.34. The molecule has 0 aliphatic heterocycles. The van der Waals surface area contributed by atoms with Gasteiger partial charge in [0.2, 0.25) is 0 Å². The summed E-state index contributed by atoms with van der Waals surface area (Å²) < 4.78 is 0.633. The van der Waals surface area contributed by atoms with Crippen LogP contribution in [0.1, 0.15) is 25.3 Å². The number of nitrogens with zero attached hydrogens (tertiary/aromatic N) is 1. The maximum Gasteiger partial charge on any atom is 0.266 e. The van der Waals surface area contributed by atoms with E-state index in [2.05, 4.69) is 42.9 Å². The lowest BCUT2D eigenvalue weighted by Crippen LogP contribution is -2.22. The van der Waals surface area contributed by atoms with Crippen LogP contribution in [0.5, 0.6) is 5.75 Å². The molecule has 0 radical (unpaired) electrons. The highest BCUT2D eigenvalue weighted by Gasteiger charge is 2.18. The molecule has 2 aromatic carbocycles. The monoisotopic (exact) mass is 426 g/mol. The van der Waals surface area contributed by atoms with Gasteiger partial charge in [0.05, 0.1) is 10.5 Å². The molecule has 2 N–H and O–H groups in total. The first-order chi connectivity index (χ1) is 13.9. The summed E-state index contributed by atoms with van der Waals surface area (Å²) in [7, 11) is 2.12. The van der Waals surface area contributed by atoms with Gasteiger partial charge in [0.15, 0.2) is 0 Å². The molecule has 0 spiro atoms. The van der Waals surface area contributed by atoms with Crippen molar-refractivity contribution in [3.63, 3.8) is 0 Å². The number of aromatic hydroxyl groups is 1. The zero-order valence-corrected chi connectivity index (χ0v) is 18.2. The first kappa shape index (κ1) is 20.0. The number of hydrogen-bond acceptors (Lipinski definition) is 4. The molecule has 6 heteroatoms. The maximum atomic E-state index is 12.4. The molecule has 0 amide bonds. The van der Waals surface area contributed by atoms with Crippen molar-refractivity contribution < 1.29 is 5.11 Å². The van der Waals surface area contributed by atoms with Crippen molar-refractivity contribution in [3.05, 3.63) is 62.7 Å². The summed E-state index contributed by atoms with van der Waals surface area (Å²) in [6.07, 6.45) is 0. The summed E-state index contributed by atoms with van der Waals surface area (Å²) in [4.78, 5) is 17.6. The number of aromatic nitrogens is 1. The van der Waals surface area contributed by atoms with Crippen molar-refractivity contribution in [3.8, 4) is 16.9 Å². The zero-order chi connectivity index (χ0) is 20.7. The average molecular weight is 427 g/mol. The molecule has 0 unspecified atom stereocenters. The largest absolute Gasteiger partial charge is 0.507 e. The van der Waals surface area contributed by atoms with E-state index in [1.165, 1.54) is 23.0 Å². The molecule has 0 saturated heterocycles. The van der Waals surface area contributed by atoms with Crippen molar-refractivity contribution in [1.82, 2.24) is 9.88 Å². The van der Waals surface area contributed by atoms with E-state index in [1.807, 2.05) is 23.6 Å². The number of thiophene rings is 1. The van der Waals surface area contributed by atoms with Crippen LogP contribution in [0.3, 0.4) is 0 Å². The van der Waals surface area contributed by atoms with Gasteiger partial charge in [-0.2, -0.15) is 0 Å². The van der Waals surface area contributed by atoms with Gasteiger partial charge in [0, 0.05) is 28.9 Å². The predicted molar refractivity (Wildman–Crippen MR) is 124 cm³/mol. The van der Waals surface area contributed by atoms with E-state index in [1.54, 1.807) is 0 Å². The minimum atomic E-state index is -0.162. The Morgan fingerprint density at radius 1 is 1.24 bits per heavy atom. The Kier molecular flexibility index (Phi) is 5.38. The third kappa shape index (κ3) is 3.54. The Morgan fingerprint density at radius 3 is 2.66 bits per heavy atom. The highest BCUT2D eigenvalue weighted by atomic mass is 35.5. The lowest BCUT2D eigenvalue weighted by Gasteiger charge is -2.20. The number of phenolic OH excluding ortho intramolecular Hbond substituents is 1. The van der Waals surface area contributed by atoms with Gasteiger partial charge in [-0.05, 0) is 42.1 Å². The molecule has 150 valence electrons. The molecule has 0 aliphatic carbocycles. The normalized spacial score (nSPS) is 12.9. The van der Waals surface area contributed by atoms with Gasteiger partial charge in [-0.1, -0.05) is 49.7 Å². The predicted octanol–water partition coefficient (Wildman–Crippen LogP) is 5.82. The van der Waals surface area contributed by atoms with Crippen molar-refractivity contribution >= 4 is 43.9 Å². The summed E-state index contributed by atoms with van der Waals surface area (Å²) in [5.41, 5.74) is 3.22. The average Bonchev–Trinajstić information content (AvgIpc) is 3.20. The second-order valence-corrected chi connectivity index (χ2v) is 8.82. The number of fused-ring (bicyclic) bond motifs is 3. The molecular formula is C23H23ClN2O2S. The van der Waals surface area contributed by atoms with Crippen molar-refractivity contribution in [2.24, 2.45) is 0 Å². The van der Waals surface area contributed by atoms with E-state index in [4.69, 9.17) is 11.6 Å². The fraction of sp³-hybridized carbons (Fsp3) is 0.261. The number of aromatic amines is 1. The van der Waals surface area contributed by atoms with E-state index in [9.17, 15) is 9.90 Å². The van der Waals surface area contributed by atoms with Crippen LogP contribution in [0.25, 0.3) is 32.1 Å². The van der Waals surface area contributed by atoms with Gasteiger partial charge in [-0.25, -0.2) is 0 Å². The number of hydrogen-bond donors (Lipinski definition) is 2. The van der Waals surface area contributed by atoms with E-state index in [-0.39, 0.29) is 11.3 Å². The summed E-state index contributed by atoms with van der Waals surface area (Å²) in [6.45, 7) is 6.37. The maximum absolute atomic E-state index is 12.4. The molecule has 0 saturated carbocycles. The number of halogens is 1. The standard InChI is InChI=1S/C23H23ClN2O2S/c1-4-26(3)12-13(2)14-5-7-15(8-6-14)19-18(27)11-17(24)21-20(19)16-9-10-29-22(16)23(28)25-21/h5-11,13,27H,4,12H2,1-3H3,(H,25,28)/t13-/m1/s1. The van der Waals surface area contributed by atoms with E-state index in [0.29, 0.717) is 26.7 Å². The lowest BCUT2D eigenvalue weighted by molar-refractivity contribution is 0.333. The Balaban J connectivity index is 1.88. The third-order valence-electron chi connectivity index (χ3n) is 5.53. The summed E-state index contributed by atoms with van der Waals surface area (Å²) >= 11 is 7.74. The van der Waals surface area contributed by atoms with Gasteiger partial charge in [0.25, 0.3) is 5.56 Å². The number of phenols is 1. The number of rotatable bonds is 5. The molecule has 4 rings (SSSR count). The lowest BCUT2D eigenvalue weighted by atomic mass is 9.94. The van der Waals surface area contributed by atoms with Crippen LogP contribution >= 0.6 is 22.9 Å². The van der Waals surface area contributed by atoms with Crippen LogP contribution < -0.4 is 5.56 Å². The van der Waals surface area contributed by atoms with Crippen molar-refractivity contribution in [2.75, 3.05) is 20.1 Å². The first-order valence-corrected chi connectivity index (χ1v) is 10.9. The minimum Gasteiger partial charge on any atom is -0.507 e. The molecule has 0 aliphatic rings. The molecule has 2 aromatic heterocycles. The van der Waals surface area contributed by atoms with Crippen molar-refractivity contribution in [1.29, 1.82) is 0 Å². The topological polar surface area (TPSA) is 56.3 Å². The summed E-state index contributed by atoms with van der Waals surface area (Å²) in [5.74, 6) is 0.512. The Labute approximate surface area is 178 Å². The highest BCUT2D eigenvalue weighted by Crippen LogP contribution is 2.42. The molecule has 4 nitrogen and oxygen atoms in total. The molecule has 2 heterocycles.